The molecule has 0 N–H and O–H groups in total. The third kappa shape index (κ3) is 9.02. The molecular formula is C16H24F10N2O6S2. The summed E-state index contributed by atoms with van der Waals surface area (Å²) >= 11 is 0. The molecule has 0 saturated carbocycles. The zero-order chi connectivity index (χ0) is 29.4. The Balaban J connectivity index is 0. The third-order valence-corrected chi connectivity index (χ3v) is 8.03. The summed E-state index contributed by atoms with van der Waals surface area (Å²) in [6.45, 7) is 15.0. The maximum absolute atomic E-state index is 12.3. The molecule has 0 bridgehead atoms. The van der Waals surface area contributed by atoms with Crippen molar-refractivity contribution in [3.63, 3.8) is 0 Å². The number of hydrogen-bond acceptors (Lipinski definition) is 6. The molecule has 0 spiro atoms. The molecule has 0 aliphatic heterocycles. The van der Waals surface area contributed by atoms with Gasteiger partial charge in [-0.1, -0.05) is 6.58 Å². The molecule has 36 heavy (non-hydrogen) atoms. The Bertz CT molecular complexity index is 881. The number of rotatable bonds is 12. The second-order valence-electron chi connectivity index (χ2n) is 6.79. The highest BCUT2D eigenvalue weighted by atomic mass is 32.3. The second-order valence-corrected chi connectivity index (χ2v) is 10.3. The lowest BCUT2D eigenvalue weighted by molar-refractivity contribution is -0.923. The number of halogens is 10. The Hall–Kier alpha value is -1.67. The summed E-state index contributed by atoms with van der Waals surface area (Å²) in [6, 6.07) is 0. The summed E-state index contributed by atoms with van der Waals surface area (Å²) in [5.74, 6) is -0.322. The summed E-state index contributed by atoms with van der Waals surface area (Å²) < 4.78 is 167. The highest BCUT2D eigenvalue weighted by Crippen LogP contribution is 2.47. The van der Waals surface area contributed by atoms with E-state index in [-0.39, 0.29) is 5.97 Å². The first-order valence-electron chi connectivity index (χ1n) is 9.61. The first kappa shape index (κ1) is 36.5. The summed E-state index contributed by atoms with van der Waals surface area (Å²) in [6.07, 6.45) is -11.9. The molecule has 0 saturated heterocycles. The fourth-order valence-corrected chi connectivity index (χ4v) is 4.66. The van der Waals surface area contributed by atoms with Crippen LogP contribution in [0.15, 0.2) is 12.7 Å². The predicted molar refractivity (Wildman–Crippen MR) is 106 cm³/mol. The van der Waals surface area contributed by atoms with E-state index in [1.807, 2.05) is 0 Å². The van der Waals surface area contributed by atoms with E-state index in [0.717, 1.165) is 37.1 Å². The summed E-state index contributed by atoms with van der Waals surface area (Å²) in [5, 5.41) is -14.0. The van der Waals surface area contributed by atoms with E-state index in [9.17, 15) is 65.5 Å². The molecule has 0 unspecified atom stereocenters. The quantitative estimate of drug-likeness (QED) is 0.110. The molecule has 0 aliphatic carbocycles. The van der Waals surface area contributed by atoms with Gasteiger partial charge in [0.1, 0.15) is 0 Å². The molecule has 0 aromatic rings. The average molecular weight is 594 g/mol. The molecule has 8 nitrogen and oxygen atoms in total. The maximum Gasteiger partial charge on any atom is 0.467 e. The molecule has 0 aromatic carbocycles. The van der Waals surface area contributed by atoms with E-state index >= 15 is 0 Å². The molecule has 0 amide bonds. The normalized spacial score (nSPS) is 14.0. The van der Waals surface area contributed by atoms with Crippen LogP contribution < -0.4 is 0 Å². The standard InChI is InChI=1S/C12H24NO2.C4F10NO4S2/c1-5-12(14)15-11-9-10-13(6-2,7-3)8-4;5-1(6,7)3(11,12)20(16,17)15-21(18,19)4(13,14)2(8,9)10/h5H,1,6-11H2,2-4H3;/q+1;-1. The second kappa shape index (κ2) is 12.7. The van der Waals surface area contributed by atoms with Crippen molar-refractivity contribution in [1.82, 2.24) is 0 Å². The van der Waals surface area contributed by atoms with Gasteiger partial charge in [-0.25, -0.2) is 21.6 Å². The minimum absolute atomic E-state index is 0.322. The predicted octanol–water partition coefficient (Wildman–Crippen LogP) is 4.31. The van der Waals surface area contributed by atoms with Crippen molar-refractivity contribution in [3.05, 3.63) is 16.8 Å². The number of hydrogen-bond donors (Lipinski definition) is 0. The fraction of sp³-hybridized carbons (Fsp3) is 0.812. The van der Waals surface area contributed by atoms with Crippen LogP contribution >= 0.6 is 0 Å². The minimum Gasteiger partial charge on any atom is -0.462 e. The molecule has 0 atom stereocenters. The van der Waals surface area contributed by atoms with Gasteiger partial charge < -0.3 is 13.3 Å². The van der Waals surface area contributed by atoms with Gasteiger partial charge in [-0.2, -0.15) is 43.9 Å². The maximum atomic E-state index is 12.3. The largest absolute Gasteiger partial charge is 0.467 e. The lowest BCUT2D eigenvalue weighted by atomic mass is 10.3. The zero-order valence-corrected chi connectivity index (χ0v) is 20.6. The molecule has 0 rings (SSSR count). The van der Waals surface area contributed by atoms with Crippen molar-refractivity contribution in [2.75, 3.05) is 32.8 Å². The molecule has 0 fully saturated rings. The topological polar surface area (TPSA) is 109 Å². The lowest BCUT2D eigenvalue weighted by Crippen LogP contribution is -2.48. The van der Waals surface area contributed by atoms with Crippen LogP contribution in [0.5, 0.6) is 0 Å². The van der Waals surface area contributed by atoms with Gasteiger partial charge in [0.05, 0.1) is 32.8 Å². The Labute approximate surface area is 201 Å². The molecule has 0 heterocycles. The molecule has 216 valence electrons. The van der Waals surface area contributed by atoms with Gasteiger partial charge in [-0.15, -0.1) is 0 Å². The molecular weight excluding hydrogens is 570 g/mol. The van der Waals surface area contributed by atoms with Crippen molar-refractivity contribution in [2.24, 2.45) is 0 Å². The van der Waals surface area contributed by atoms with Crippen molar-refractivity contribution < 1.29 is 74.8 Å². The van der Waals surface area contributed by atoms with Gasteiger partial charge in [0.25, 0.3) is 0 Å². The van der Waals surface area contributed by atoms with E-state index in [2.05, 4.69) is 27.4 Å². The van der Waals surface area contributed by atoms with Crippen molar-refractivity contribution in [3.8, 4) is 0 Å². The number of sulfonamides is 2. The van der Waals surface area contributed by atoms with Crippen molar-refractivity contribution in [1.29, 1.82) is 0 Å². The minimum atomic E-state index is -7.62. The van der Waals surface area contributed by atoms with Crippen LogP contribution in [0.4, 0.5) is 43.9 Å². The number of carbonyl (C=O) groups is 1. The number of ether oxygens (including phenoxy) is 1. The third-order valence-electron chi connectivity index (χ3n) is 4.70. The molecule has 20 heteroatoms. The van der Waals surface area contributed by atoms with E-state index in [0.29, 0.717) is 10.7 Å². The SMILES string of the molecule is C=CC(=O)OCCC[N+](CC)(CC)CC.O=S(=O)([N-]S(=O)(=O)C(F)(F)C(F)(F)F)C(F)(F)C(F)(F)F. The first-order chi connectivity index (χ1) is 15.8. The summed E-state index contributed by atoms with van der Waals surface area (Å²) in [5.41, 5.74) is 0. The van der Waals surface area contributed by atoms with E-state index in [1.54, 1.807) is 0 Å². The van der Waals surface area contributed by atoms with Crippen molar-refractivity contribution >= 4 is 26.0 Å². The van der Waals surface area contributed by atoms with Crippen LogP contribution in [0.1, 0.15) is 27.2 Å². The fourth-order valence-electron chi connectivity index (χ4n) is 2.29. The Morgan fingerprint density at radius 3 is 1.39 bits per heavy atom. The molecule has 0 aromatic heterocycles. The summed E-state index contributed by atoms with van der Waals surface area (Å²) in [4.78, 5) is 10.8. The Morgan fingerprint density at radius 2 is 1.14 bits per heavy atom. The number of carbonyl (C=O) groups excluding carboxylic acids is 1. The monoisotopic (exact) mass is 594 g/mol. The number of quaternary nitrogens is 1. The zero-order valence-electron chi connectivity index (χ0n) is 19.0. The Kier molecular flexibility index (Phi) is 12.9. The lowest BCUT2D eigenvalue weighted by Gasteiger charge is -2.35. The van der Waals surface area contributed by atoms with Crippen LogP contribution in [-0.2, 0) is 29.6 Å². The van der Waals surface area contributed by atoms with Gasteiger partial charge in [-0.05, 0) is 20.8 Å². The van der Waals surface area contributed by atoms with Crippen LogP contribution in [-0.4, -0.2) is 82.9 Å². The molecule has 0 radical (unpaired) electrons. The highest BCUT2D eigenvalue weighted by Gasteiger charge is 2.68. The Morgan fingerprint density at radius 1 is 0.806 bits per heavy atom. The van der Waals surface area contributed by atoms with E-state index < -0.39 is 42.9 Å². The van der Waals surface area contributed by atoms with Crippen LogP contribution in [0.3, 0.4) is 0 Å². The van der Waals surface area contributed by atoms with Crippen LogP contribution in [0.2, 0.25) is 0 Å². The smallest absolute Gasteiger partial charge is 0.462 e. The number of esters is 1. The number of alkyl halides is 10. The molecule has 0 aliphatic rings. The van der Waals surface area contributed by atoms with Gasteiger partial charge >= 0.3 is 28.8 Å². The van der Waals surface area contributed by atoms with Crippen LogP contribution in [0, 0.1) is 0 Å². The van der Waals surface area contributed by atoms with Crippen molar-refractivity contribution in [2.45, 2.75) is 50.1 Å². The summed E-state index contributed by atoms with van der Waals surface area (Å²) in [7, 11) is -15.2. The van der Waals surface area contributed by atoms with E-state index in [1.165, 1.54) is 6.08 Å². The van der Waals surface area contributed by atoms with Gasteiger partial charge in [0.15, 0.2) is 20.0 Å². The van der Waals surface area contributed by atoms with Gasteiger partial charge in [0, 0.05) is 12.5 Å². The number of nitrogens with zero attached hydrogens (tertiary/aromatic N) is 2. The van der Waals surface area contributed by atoms with Gasteiger partial charge in [-0.3, -0.25) is 0 Å². The van der Waals surface area contributed by atoms with Crippen LogP contribution in [0.25, 0.3) is 4.13 Å². The average Bonchev–Trinajstić information content (AvgIpc) is 2.72. The van der Waals surface area contributed by atoms with Gasteiger partial charge in [0.2, 0.25) is 0 Å². The van der Waals surface area contributed by atoms with E-state index in [4.69, 9.17) is 4.74 Å². The highest BCUT2D eigenvalue weighted by molar-refractivity contribution is 8.13. The first-order valence-corrected chi connectivity index (χ1v) is 12.5.